The van der Waals surface area contributed by atoms with Crippen LogP contribution in [-0.2, 0) is 24.2 Å². The summed E-state index contributed by atoms with van der Waals surface area (Å²) in [6.45, 7) is 3.37. The van der Waals surface area contributed by atoms with Gasteiger partial charge in [-0.25, -0.2) is 4.79 Å². The van der Waals surface area contributed by atoms with Crippen molar-refractivity contribution in [2.24, 2.45) is 0 Å². The molecule has 4 heterocycles. The molecule has 0 N–H and O–H groups in total. The van der Waals surface area contributed by atoms with Gasteiger partial charge in [0, 0.05) is 30.4 Å². The van der Waals surface area contributed by atoms with Gasteiger partial charge in [0.15, 0.2) is 5.69 Å². The van der Waals surface area contributed by atoms with Crippen LogP contribution in [0.25, 0.3) is 0 Å². The monoisotopic (exact) mass is 397 g/mol. The molecule has 0 bridgehead atoms. The van der Waals surface area contributed by atoms with Crippen molar-refractivity contribution in [3.63, 3.8) is 0 Å². The Labute approximate surface area is 165 Å². The summed E-state index contributed by atoms with van der Waals surface area (Å²) < 4.78 is 6.99. The Morgan fingerprint density at radius 1 is 1.32 bits per heavy atom. The standard InChI is InChI=1S/C19H19N5O3S/c1-2-27-19(26)17-14-11-23(18(25)16-9-20-12-28-16)8-6-15(14)24(22-17)10-13-5-3-4-7-21-13/h3-5,7,9,12H,2,6,8,10-11H2,1H3. The molecule has 1 aliphatic rings. The van der Waals surface area contributed by atoms with E-state index in [0.717, 1.165) is 17.0 Å². The molecule has 0 aromatic carbocycles. The minimum Gasteiger partial charge on any atom is -0.461 e. The fourth-order valence-electron chi connectivity index (χ4n) is 3.28. The number of rotatable bonds is 5. The quantitative estimate of drug-likeness (QED) is 0.613. The van der Waals surface area contributed by atoms with E-state index in [0.29, 0.717) is 30.9 Å². The highest BCUT2D eigenvalue weighted by molar-refractivity contribution is 7.11. The van der Waals surface area contributed by atoms with E-state index in [4.69, 9.17) is 4.74 Å². The number of aromatic nitrogens is 4. The van der Waals surface area contributed by atoms with E-state index in [1.807, 2.05) is 18.2 Å². The zero-order valence-electron chi connectivity index (χ0n) is 15.4. The molecule has 0 unspecified atom stereocenters. The maximum atomic E-state index is 12.7. The number of nitrogens with zero attached hydrogens (tertiary/aromatic N) is 5. The Balaban J connectivity index is 1.66. The largest absolute Gasteiger partial charge is 0.461 e. The minimum absolute atomic E-state index is 0.0829. The maximum Gasteiger partial charge on any atom is 0.359 e. The highest BCUT2D eigenvalue weighted by Gasteiger charge is 2.31. The Kier molecular flexibility index (Phi) is 5.16. The number of hydrogen-bond donors (Lipinski definition) is 0. The summed E-state index contributed by atoms with van der Waals surface area (Å²) in [7, 11) is 0. The number of thiazole rings is 1. The van der Waals surface area contributed by atoms with Crippen molar-refractivity contribution in [1.29, 1.82) is 0 Å². The van der Waals surface area contributed by atoms with Crippen LogP contribution in [0.4, 0.5) is 0 Å². The highest BCUT2D eigenvalue weighted by atomic mass is 32.1. The third kappa shape index (κ3) is 3.53. The van der Waals surface area contributed by atoms with Gasteiger partial charge in [-0.2, -0.15) is 5.10 Å². The van der Waals surface area contributed by atoms with Gasteiger partial charge in [-0.15, -0.1) is 11.3 Å². The van der Waals surface area contributed by atoms with Crippen molar-refractivity contribution in [3.8, 4) is 0 Å². The summed E-state index contributed by atoms with van der Waals surface area (Å²) in [6.07, 6.45) is 3.91. The fraction of sp³-hybridized carbons (Fsp3) is 0.316. The molecule has 3 aromatic rings. The van der Waals surface area contributed by atoms with E-state index in [-0.39, 0.29) is 18.2 Å². The van der Waals surface area contributed by atoms with Crippen molar-refractivity contribution in [1.82, 2.24) is 24.6 Å². The summed E-state index contributed by atoms with van der Waals surface area (Å²) in [5, 5.41) is 4.52. The van der Waals surface area contributed by atoms with Crippen LogP contribution in [0.5, 0.6) is 0 Å². The maximum absolute atomic E-state index is 12.7. The topological polar surface area (TPSA) is 90.2 Å². The number of carbonyl (C=O) groups excluding carboxylic acids is 2. The average molecular weight is 397 g/mol. The first-order valence-electron chi connectivity index (χ1n) is 9.00. The van der Waals surface area contributed by atoms with E-state index in [2.05, 4.69) is 15.1 Å². The third-order valence-electron chi connectivity index (χ3n) is 4.57. The van der Waals surface area contributed by atoms with Gasteiger partial charge in [0.1, 0.15) is 4.88 Å². The number of fused-ring (bicyclic) bond motifs is 1. The molecule has 0 atom stereocenters. The fourth-order valence-corrected chi connectivity index (χ4v) is 3.87. The molecule has 0 radical (unpaired) electrons. The molecule has 0 aliphatic carbocycles. The Morgan fingerprint density at radius 3 is 2.93 bits per heavy atom. The van der Waals surface area contributed by atoms with E-state index in [1.54, 1.807) is 34.4 Å². The van der Waals surface area contributed by atoms with Crippen LogP contribution in [0.1, 0.15) is 44.0 Å². The smallest absolute Gasteiger partial charge is 0.359 e. The van der Waals surface area contributed by atoms with E-state index in [9.17, 15) is 9.59 Å². The van der Waals surface area contributed by atoms with Crippen molar-refractivity contribution in [3.05, 3.63) is 63.6 Å². The Morgan fingerprint density at radius 2 is 2.21 bits per heavy atom. The van der Waals surface area contributed by atoms with Crippen LogP contribution >= 0.6 is 11.3 Å². The van der Waals surface area contributed by atoms with Crippen LogP contribution in [0.2, 0.25) is 0 Å². The molecule has 0 saturated heterocycles. The second-order valence-electron chi connectivity index (χ2n) is 6.32. The second kappa shape index (κ2) is 7.89. The van der Waals surface area contributed by atoms with Crippen LogP contribution in [0.15, 0.2) is 36.1 Å². The van der Waals surface area contributed by atoms with Gasteiger partial charge in [0.25, 0.3) is 5.91 Å². The SMILES string of the molecule is CCOC(=O)c1nn(Cc2ccccn2)c2c1CN(C(=O)c1cncs1)CC2. The van der Waals surface area contributed by atoms with Gasteiger partial charge in [-0.05, 0) is 19.1 Å². The summed E-state index contributed by atoms with van der Waals surface area (Å²) in [4.78, 5) is 35.8. The lowest BCUT2D eigenvalue weighted by Gasteiger charge is -2.27. The lowest BCUT2D eigenvalue weighted by molar-refractivity contribution is 0.0513. The van der Waals surface area contributed by atoms with Crippen molar-refractivity contribution >= 4 is 23.2 Å². The van der Waals surface area contributed by atoms with E-state index >= 15 is 0 Å². The number of ether oxygens (including phenoxy) is 1. The van der Waals surface area contributed by atoms with Crippen molar-refractivity contribution in [2.75, 3.05) is 13.2 Å². The summed E-state index contributed by atoms with van der Waals surface area (Å²) >= 11 is 1.31. The minimum atomic E-state index is -0.467. The van der Waals surface area contributed by atoms with Gasteiger partial charge in [0.05, 0.1) is 37.1 Å². The van der Waals surface area contributed by atoms with E-state index in [1.165, 1.54) is 11.3 Å². The first-order chi connectivity index (χ1) is 13.7. The van der Waals surface area contributed by atoms with E-state index < -0.39 is 5.97 Å². The highest BCUT2D eigenvalue weighted by Crippen LogP contribution is 2.26. The Bertz CT molecular complexity index is 985. The average Bonchev–Trinajstić information content (AvgIpc) is 3.37. The molecule has 1 aliphatic heterocycles. The number of pyridine rings is 1. The molecule has 8 nitrogen and oxygen atoms in total. The molecule has 0 fully saturated rings. The number of esters is 1. The summed E-state index contributed by atoms with van der Waals surface area (Å²) in [5.74, 6) is -0.550. The molecule has 9 heteroatoms. The van der Waals surface area contributed by atoms with Gasteiger partial charge >= 0.3 is 5.97 Å². The van der Waals surface area contributed by atoms with Crippen molar-refractivity contribution in [2.45, 2.75) is 26.4 Å². The Hall–Kier alpha value is -3.07. The number of amides is 1. The van der Waals surface area contributed by atoms with Gasteiger partial charge < -0.3 is 9.64 Å². The van der Waals surface area contributed by atoms with Crippen LogP contribution in [-0.4, -0.2) is 49.7 Å². The predicted octanol–water partition coefficient (Wildman–Crippen LogP) is 2.16. The first kappa shape index (κ1) is 18.3. The van der Waals surface area contributed by atoms with Gasteiger partial charge in [-0.1, -0.05) is 6.07 Å². The normalized spacial score (nSPS) is 13.2. The second-order valence-corrected chi connectivity index (χ2v) is 7.20. The molecule has 28 heavy (non-hydrogen) atoms. The van der Waals surface area contributed by atoms with Crippen LogP contribution in [0, 0.1) is 0 Å². The molecule has 4 rings (SSSR count). The lowest BCUT2D eigenvalue weighted by atomic mass is 10.0. The zero-order valence-corrected chi connectivity index (χ0v) is 16.2. The molecule has 0 spiro atoms. The molecule has 0 saturated carbocycles. The molecule has 3 aromatic heterocycles. The predicted molar refractivity (Wildman–Crippen MR) is 102 cm³/mol. The van der Waals surface area contributed by atoms with Gasteiger partial charge in [0.2, 0.25) is 0 Å². The third-order valence-corrected chi connectivity index (χ3v) is 5.33. The molecular weight excluding hydrogens is 378 g/mol. The summed E-state index contributed by atoms with van der Waals surface area (Å²) in [5.41, 5.74) is 4.46. The summed E-state index contributed by atoms with van der Waals surface area (Å²) in [6, 6.07) is 5.69. The van der Waals surface area contributed by atoms with Gasteiger partial charge in [-0.3, -0.25) is 19.4 Å². The zero-order chi connectivity index (χ0) is 19.5. The molecule has 1 amide bonds. The van der Waals surface area contributed by atoms with Crippen molar-refractivity contribution < 1.29 is 14.3 Å². The first-order valence-corrected chi connectivity index (χ1v) is 9.88. The number of carbonyl (C=O) groups is 2. The molecule has 144 valence electrons. The van der Waals surface area contributed by atoms with Crippen LogP contribution in [0.3, 0.4) is 0 Å². The molecular formula is C19H19N5O3S. The number of hydrogen-bond acceptors (Lipinski definition) is 7. The van der Waals surface area contributed by atoms with Crippen LogP contribution < -0.4 is 0 Å². The lowest BCUT2D eigenvalue weighted by Crippen LogP contribution is -2.36.